The molecular weight excluding hydrogens is 220 g/mol. The van der Waals surface area contributed by atoms with E-state index in [-0.39, 0.29) is 13.0 Å². The summed E-state index contributed by atoms with van der Waals surface area (Å²) in [4.78, 5) is 10.4. The van der Waals surface area contributed by atoms with E-state index in [0.717, 1.165) is 5.56 Å². The molecule has 92 valence electrons. The number of allylic oxidation sites excluding steroid dienone is 1. The van der Waals surface area contributed by atoms with Crippen molar-refractivity contribution < 1.29 is 19.4 Å². The molecule has 1 rings (SSSR count). The monoisotopic (exact) mass is 236 g/mol. The summed E-state index contributed by atoms with van der Waals surface area (Å²) in [5.41, 5.74) is 1.01. The number of carboxylic acids is 1. The van der Waals surface area contributed by atoms with Gasteiger partial charge in [0.2, 0.25) is 0 Å². The van der Waals surface area contributed by atoms with Crippen LogP contribution >= 0.6 is 0 Å². The average Bonchev–Trinajstić information content (AvgIpc) is 2.30. The lowest BCUT2D eigenvalue weighted by atomic mass is 10.2. The fraction of sp³-hybridized carbons (Fsp3) is 0.308. The van der Waals surface area contributed by atoms with E-state index in [4.69, 9.17) is 14.6 Å². The number of benzene rings is 1. The van der Waals surface area contributed by atoms with E-state index in [1.54, 1.807) is 13.2 Å². The molecule has 0 spiro atoms. The molecule has 0 aliphatic rings. The molecular formula is C13H16O4. The number of carboxylic acid groups (broad SMARTS) is 1. The molecule has 4 nitrogen and oxygen atoms in total. The second-order valence-electron chi connectivity index (χ2n) is 3.40. The largest absolute Gasteiger partial charge is 0.493 e. The van der Waals surface area contributed by atoms with Crippen molar-refractivity contribution in [1.82, 2.24) is 0 Å². The fourth-order valence-electron chi connectivity index (χ4n) is 1.35. The summed E-state index contributed by atoms with van der Waals surface area (Å²) in [5.74, 6) is 0.280. The molecule has 17 heavy (non-hydrogen) atoms. The number of methoxy groups -OCH3 is 1. The van der Waals surface area contributed by atoms with E-state index >= 15 is 0 Å². The van der Waals surface area contributed by atoms with Gasteiger partial charge in [-0.2, -0.15) is 0 Å². The third-order valence-electron chi connectivity index (χ3n) is 2.12. The maximum absolute atomic E-state index is 10.4. The highest BCUT2D eigenvalue weighted by Crippen LogP contribution is 2.28. The standard InChI is InChI=1S/C13H16O4/c1-3-4-10-5-6-11(12(9-10)16-2)17-8-7-13(14)15/h3-6,9H,7-8H2,1-2H3,(H,14,15). The van der Waals surface area contributed by atoms with Crippen molar-refractivity contribution in [2.45, 2.75) is 13.3 Å². The zero-order chi connectivity index (χ0) is 12.7. The lowest BCUT2D eigenvalue weighted by Gasteiger charge is -2.10. The van der Waals surface area contributed by atoms with Crippen LogP contribution in [-0.2, 0) is 4.79 Å². The fourth-order valence-corrected chi connectivity index (χ4v) is 1.35. The quantitative estimate of drug-likeness (QED) is 0.824. The molecule has 0 aromatic heterocycles. The van der Waals surface area contributed by atoms with E-state index in [2.05, 4.69) is 0 Å². The smallest absolute Gasteiger partial charge is 0.306 e. The number of hydrogen-bond acceptors (Lipinski definition) is 3. The Hall–Kier alpha value is -1.97. The Morgan fingerprint density at radius 1 is 1.41 bits per heavy atom. The van der Waals surface area contributed by atoms with Crippen molar-refractivity contribution >= 4 is 12.0 Å². The Kier molecular flexibility index (Phi) is 5.07. The first-order valence-corrected chi connectivity index (χ1v) is 5.32. The van der Waals surface area contributed by atoms with Gasteiger partial charge in [0, 0.05) is 0 Å². The Bertz CT molecular complexity index is 410. The molecule has 0 amide bonds. The average molecular weight is 236 g/mol. The van der Waals surface area contributed by atoms with Gasteiger partial charge in [-0.1, -0.05) is 18.2 Å². The maximum atomic E-state index is 10.4. The minimum Gasteiger partial charge on any atom is -0.493 e. The van der Waals surface area contributed by atoms with Crippen LogP contribution in [0.5, 0.6) is 11.5 Å². The molecule has 0 saturated heterocycles. The van der Waals surface area contributed by atoms with Gasteiger partial charge in [0.15, 0.2) is 11.5 Å². The second-order valence-corrected chi connectivity index (χ2v) is 3.40. The van der Waals surface area contributed by atoms with Gasteiger partial charge in [-0.25, -0.2) is 0 Å². The molecule has 1 aromatic carbocycles. The van der Waals surface area contributed by atoms with Gasteiger partial charge in [0.1, 0.15) is 0 Å². The molecule has 4 heteroatoms. The van der Waals surface area contributed by atoms with Crippen LogP contribution in [0.3, 0.4) is 0 Å². The Balaban J connectivity index is 2.74. The van der Waals surface area contributed by atoms with Crippen molar-refractivity contribution in [3.63, 3.8) is 0 Å². The highest BCUT2D eigenvalue weighted by Gasteiger charge is 2.05. The summed E-state index contributed by atoms with van der Waals surface area (Å²) < 4.78 is 10.5. The molecule has 0 aliphatic heterocycles. The molecule has 0 saturated carbocycles. The van der Waals surface area contributed by atoms with Gasteiger partial charge in [0.05, 0.1) is 20.1 Å². The summed E-state index contributed by atoms with van der Waals surface area (Å²) in [5, 5.41) is 8.51. The Morgan fingerprint density at radius 2 is 2.18 bits per heavy atom. The van der Waals surface area contributed by atoms with Gasteiger partial charge in [0.25, 0.3) is 0 Å². The van der Waals surface area contributed by atoms with Crippen molar-refractivity contribution in [1.29, 1.82) is 0 Å². The zero-order valence-corrected chi connectivity index (χ0v) is 9.97. The predicted octanol–water partition coefficient (Wildman–Crippen LogP) is 2.58. The predicted molar refractivity (Wildman–Crippen MR) is 65.4 cm³/mol. The zero-order valence-electron chi connectivity index (χ0n) is 9.97. The highest BCUT2D eigenvalue weighted by atomic mass is 16.5. The van der Waals surface area contributed by atoms with Crippen LogP contribution in [0.25, 0.3) is 6.08 Å². The number of aliphatic carboxylic acids is 1. The lowest BCUT2D eigenvalue weighted by molar-refractivity contribution is -0.137. The van der Waals surface area contributed by atoms with E-state index < -0.39 is 5.97 Å². The Morgan fingerprint density at radius 3 is 2.76 bits per heavy atom. The molecule has 0 unspecified atom stereocenters. The van der Waals surface area contributed by atoms with Crippen LogP contribution < -0.4 is 9.47 Å². The van der Waals surface area contributed by atoms with Gasteiger partial charge >= 0.3 is 5.97 Å². The first kappa shape index (κ1) is 13.1. The third kappa shape index (κ3) is 4.18. The molecule has 0 atom stereocenters. The summed E-state index contributed by atoms with van der Waals surface area (Å²) in [6, 6.07) is 5.50. The van der Waals surface area contributed by atoms with Crippen LogP contribution in [0.2, 0.25) is 0 Å². The molecule has 0 fully saturated rings. The molecule has 0 aliphatic carbocycles. The Labute approximate surface area is 100 Å². The van der Waals surface area contributed by atoms with Crippen LogP contribution in [0.4, 0.5) is 0 Å². The lowest BCUT2D eigenvalue weighted by Crippen LogP contribution is -2.05. The number of rotatable bonds is 6. The van der Waals surface area contributed by atoms with Crippen molar-refractivity contribution in [3.8, 4) is 11.5 Å². The van der Waals surface area contributed by atoms with Crippen molar-refractivity contribution in [3.05, 3.63) is 29.8 Å². The maximum Gasteiger partial charge on any atom is 0.306 e. The highest BCUT2D eigenvalue weighted by molar-refractivity contribution is 5.66. The van der Waals surface area contributed by atoms with Crippen LogP contribution in [-0.4, -0.2) is 24.8 Å². The topological polar surface area (TPSA) is 55.8 Å². The summed E-state index contributed by atoms with van der Waals surface area (Å²) in [6.45, 7) is 2.07. The van der Waals surface area contributed by atoms with Crippen LogP contribution in [0, 0.1) is 0 Å². The number of hydrogen-bond donors (Lipinski definition) is 1. The normalized spacial score (nSPS) is 10.5. The second kappa shape index (κ2) is 6.58. The molecule has 0 radical (unpaired) electrons. The van der Waals surface area contributed by atoms with Gasteiger partial charge in [-0.15, -0.1) is 0 Å². The van der Waals surface area contributed by atoms with E-state index in [1.165, 1.54) is 0 Å². The molecule has 1 N–H and O–H groups in total. The molecule has 0 bridgehead atoms. The number of ether oxygens (including phenoxy) is 2. The summed E-state index contributed by atoms with van der Waals surface area (Å²) >= 11 is 0. The summed E-state index contributed by atoms with van der Waals surface area (Å²) in [6.07, 6.45) is 3.85. The van der Waals surface area contributed by atoms with Gasteiger partial charge in [-0.3, -0.25) is 4.79 Å². The van der Waals surface area contributed by atoms with Crippen molar-refractivity contribution in [2.75, 3.05) is 13.7 Å². The molecule has 1 aromatic rings. The summed E-state index contributed by atoms with van der Waals surface area (Å²) in [7, 11) is 1.55. The number of carbonyl (C=O) groups is 1. The first-order chi connectivity index (χ1) is 8.17. The van der Waals surface area contributed by atoms with Crippen LogP contribution in [0.15, 0.2) is 24.3 Å². The van der Waals surface area contributed by atoms with E-state index in [1.807, 2.05) is 31.2 Å². The third-order valence-corrected chi connectivity index (χ3v) is 2.12. The first-order valence-electron chi connectivity index (χ1n) is 5.32. The van der Waals surface area contributed by atoms with E-state index in [9.17, 15) is 4.79 Å². The SMILES string of the molecule is CC=Cc1ccc(OCCC(=O)O)c(OC)c1. The van der Waals surface area contributed by atoms with Crippen LogP contribution in [0.1, 0.15) is 18.9 Å². The van der Waals surface area contributed by atoms with Gasteiger partial charge in [-0.05, 0) is 24.6 Å². The molecule has 0 heterocycles. The minimum atomic E-state index is -0.880. The van der Waals surface area contributed by atoms with Gasteiger partial charge < -0.3 is 14.6 Å². The van der Waals surface area contributed by atoms with Crippen molar-refractivity contribution in [2.24, 2.45) is 0 Å². The minimum absolute atomic E-state index is 0.0280. The van der Waals surface area contributed by atoms with E-state index in [0.29, 0.717) is 11.5 Å².